The zero-order valence-electron chi connectivity index (χ0n) is 14.7. The van der Waals surface area contributed by atoms with Gasteiger partial charge in [-0.3, -0.25) is 4.79 Å². The van der Waals surface area contributed by atoms with Crippen molar-refractivity contribution in [3.8, 4) is 0 Å². The summed E-state index contributed by atoms with van der Waals surface area (Å²) in [5.74, 6) is -1.29. The van der Waals surface area contributed by atoms with Crippen LogP contribution in [0.1, 0.15) is 48.0 Å². The van der Waals surface area contributed by atoms with E-state index in [0.29, 0.717) is 18.4 Å². The number of guanidine groups is 1. The number of sulfone groups is 2. The fourth-order valence-corrected chi connectivity index (χ4v) is 6.69. The maximum Gasteiger partial charge on any atom is 0.280 e. The summed E-state index contributed by atoms with van der Waals surface area (Å²) in [5, 5.41) is -0.615. The molecule has 1 fully saturated rings. The lowest BCUT2D eigenvalue weighted by Gasteiger charge is -2.23. The molecule has 8 nitrogen and oxygen atoms in total. The Morgan fingerprint density at radius 2 is 1.62 bits per heavy atom. The fourth-order valence-electron chi connectivity index (χ4n) is 3.14. The molecule has 4 N–H and O–H groups in total. The lowest BCUT2D eigenvalue weighted by atomic mass is 10.0. The van der Waals surface area contributed by atoms with Crippen LogP contribution in [0.15, 0.2) is 26.9 Å². The third-order valence-electron chi connectivity index (χ3n) is 4.45. The molecule has 1 aliphatic carbocycles. The first-order valence-corrected chi connectivity index (χ1v) is 11.6. The van der Waals surface area contributed by atoms with Crippen LogP contribution >= 0.6 is 0 Å². The van der Waals surface area contributed by atoms with Crippen LogP contribution in [0.25, 0.3) is 0 Å². The summed E-state index contributed by atoms with van der Waals surface area (Å²) in [5.41, 5.74) is 10.6. The lowest BCUT2D eigenvalue weighted by Crippen LogP contribution is -2.26. The number of carbonyl (C=O) groups is 1. The van der Waals surface area contributed by atoms with Crippen molar-refractivity contribution >= 4 is 31.5 Å². The second-order valence-corrected chi connectivity index (χ2v) is 10.7. The molecule has 0 spiro atoms. The van der Waals surface area contributed by atoms with Gasteiger partial charge in [0.25, 0.3) is 5.91 Å². The molecule has 1 aromatic rings. The van der Waals surface area contributed by atoms with Crippen molar-refractivity contribution < 1.29 is 21.6 Å². The Morgan fingerprint density at radius 1 is 1.04 bits per heavy atom. The topological polar surface area (TPSA) is 150 Å². The predicted molar refractivity (Wildman–Crippen MR) is 98.5 cm³/mol. The van der Waals surface area contributed by atoms with Crippen LogP contribution in [0.3, 0.4) is 0 Å². The van der Waals surface area contributed by atoms with E-state index in [1.807, 2.05) is 0 Å². The molecule has 0 unspecified atom stereocenters. The Bertz CT molecular complexity index is 956. The number of aryl methyl sites for hydroxylation is 1. The summed E-state index contributed by atoms with van der Waals surface area (Å²) in [6.07, 6.45) is 4.46. The Kier molecular flexibility index (Phi) is 5.76. The van der Waals surface area contributed by atoms with Gasteiger partial charge in [-0.1, -0.05) is 19.3 Å². The first-order chi connectivity index (χ1) is 11.9. The zero-order chi connectivity index (χ0) is 19.7. The monoisotopic (exact) mass is 401 g/mol. The van der Waals surface area contributed by atoms with Crippen molar-refractivity contribution in [3.63, 3.8) is 0 Å². The van der Waals surface area contributed by atoms with Gasteiger partial charge in [0.05, 0.1) is 15.0 Å². The molecule has 0 heterocycles. The van der Waals surface area contributed by atoms with Crippen molar-refractivity contribution in [1.82, 2.24) is 0 Å². The summed E-state index contributed by atoms with van der Waals surface area (Å²) in [4.78, 5) is 14.9. The number of hydrogen-bond donors (Lipinski definition) is 2. The van der Waals surface area contributed by atoms with Gasteiger partial charge in [0.2, 0.25) is 0 Å². The van der Waals surface area contributed by atoms with Gasteiger partial charge in [0.1, 0.15) is 0 Å². The summed E-state index contributed by atoms with van der Waals surface area (Å²) in [7, 11) is -7.74. The molecule has 0 radical (unpaired) electrons. The van der Waals surface area contributed by atoms with Gasteiger partial charge in [-0.25, -0.2) is 16.8 Å². The van der Waals surface area contributed by atoms with E-state index in [1.165, 1.54) is 13.0 Å². The van der Waals surface area contributed by atoms with Crippen molar-refractivity contribution in [2.45, 2.75) is 54.1 Å². The molecule has 1 saturated carbocycles. The maximum absolute atomic E-state index is 13.0. The highest BCUT2D eigenvalue weighted by Crippen LogP contribution is 2.33. The van der Waals surface area contributed by atoms with E-state index in [2.05, 4.69) is 4.99 Å². The largest absolute Gasteiger partial charge is 0.370 e. The Labute approximate surface area is 153 Å². The quantitative estimate of drug-likeness (QED) is 0.562. The third kappa shape index (κ3) is 4.24. The minimum Gasteiger partial charge on any atom is -0.370 e. The van der Waals surface area contributed by atoms with Crippen molar-refractivity contribution in [1.29, 1.82) is 0 Å². The van der Waals surface area contributed by atoms with Crippen LogP contribution in [0.4, 0.5) is 0 Å². The SMILES string of the molecule is Cc1cc(S(=O)(=O)C2CCCCC2)c(S(C)(=O)=O)cc1C(=O)N=C(N)N. The van der Waals surface area contributed by atoms with Gasteiger partial charge in [0, 0.05) is 11.8 Å². The number of aliphatic imine (C=N–C) groups is 1. The van der Waals surface area contributed by atoms with Crippen LogP contribution in [0.5, 0.6) is 0 Å². The Morgan fingerprint density at radius 3 is 2.12 bits per heavy atom. The minimum absolute atomic E-state index is 0.0542. The van der Waals surface area contributed by atoms with Crippen LogP contribution in [-0.4, -0.2) is 40.2 Å². The number of rotatable bonds is 4. The number of nitrogens with two attached hydrogens (primary N) is 2. The van der Waals surface area contributed by atoms with E-state index < -0.39 is 41.7 Å². The Balaban J connectivity index is 2.69. The van der Waals surface area contributed by atoms with Crippen LogP contribution in [0, 0.1) is 6.92 Å². The molecule has 0 aromatic heterocycles. The van der Waals surface area contributed by atoms with E-state index in [0.717, 1.165) is 31.6 Å². The van der Waals surface area contributed by atoms with Crippen molar-refractivity contribution in [2.75, 3.05) is 6.26 Å². The van der Waals surface area contributed by atoms with Crippen molar-refractivity contribution in [2.24, 2.45) is 16.5 Å². The molecule has 0 aliphatic heterocycles. The molecular weight excluding hydrogens is 378 g/mol. The van der Waals surface area contributed by atoms with Gasteiger partial charge in [0.15, 0.2) is 25.6 Å². The van der Waals surface area contributed by atoms with Gasteiger partial charge in [-0.05, 0) is 37.5 Å². The molecule has 144 valence electrons. The lowest BCUT2D eigenvalue weighted by molar-refractivity contribution is 0.100. The normalized spacial score (nSPS) is 16.2. The number of carbonyl (C=O) groups excluding carboxylic acids is 1. The zero-order valence-corrected chi connectivity index (χ0v) is 16.4. The molecular formula is C16H23N3O5S2. The van der Waals surface area contributed by atoms with E-state index >= 15 is 0 Å². The fraction of sp³-hybridized carbons (Fsp3) is 0.500. The van der Waals surface area contributed by atoms with Gasteiger partial charge >= 0.3 is 0 Å². The highest BCUT2D eigenvalue weighted by Gasteiger charge is 2.34. The number of hydrogen-bond acceptors (Lipinski definition) is 5. The molecule has 0 saturated heterocycles. The number of benzene rings is 1. The number of amides is 1. The minimum atomic E-state index is -3.90. The molecule has 26 heavy (non-hydrogen) atoms. The molecule has 0 bridgehead atoms. The van der Waals surface area contributed by atoms with E-state index in [-0.39, 0.29) is 10.5 Å². The second kappa shape index (κ2) is 7.36. The van der Waals surface area contributed by atoms with Gasteiger partial charge in [-0.15, -0.1) is 0 Å². The summed E-state index contributed by atoms with van der Waals surface area (Å²) in [6, 6.07) is 2.28. The second-order valence-electron chi connectivity index (χ2n) is 6.53. The average Bonchev–Trinajstić information content (AvgIpc) is 2.53. The predicted octanol–water partition coefficient (Wildman–Crippen LogP) is 0.919. The molecule has 10 heteroatoms. The smallest absolute Gasteiger partial charge is 0.280 e. The van der Waals surface area contributed by atoms with Gasteiger partial charge < -0.3 is 11.5 Å². The Hall–Kier alpha value is -1.94. The molecule has 2 rings (SSSR count). The number of nitrogens with zero attached hydrogens (tertiary/aromatic N) is 1. The summed E-state index contributed by atoms with van der Waals surface area (Å²) < 4.78 is 50.6. The molecule has 0 atom stereocenters. The maximum atomic E-state index is 13.0. The van der Waals surface area contributed by atoms with Crippen molar-refractivity contribution in [3.05, 3.63) is 23.3 Å². The van der Waals surface area contributed by atoms with Crippen LogP contribution in [-0.2, 0) is 19.7 Å². The summed E-state index contributed by atoms with van der Waals surface area (Å²) >= 11 is 0. The van der Waals surface area contributed by atoms with E-state index in [1.54, 1.807) is 0 Å². The summed E-state index contributed by atoms with van der Waals surface area (Å²) in [6.45, 7) is 1.52. The standard InChI is InChI=1S/C16H23N3O5S2/c1-10-8-14(26(23,24)11-6-4-3-5-7-11)13(25(2,21)22)9-12(10)15(20)19-16(17)18/h8-9,11H,3-7H2,1-2H3,(H4,17,18,19,20). The molecule has 1 amide bonds. The molecule has 1 aromatic carbocycles. The first kappa shape index (κ1) is 20.4. The third-order valence-corrected chi connectivity index (χ3v) is 8.01. The highest BCUT2D eigenvalue weighted by atomic mass is 32.2. The van der Waals surface area contributed by atoms with Gasteiger partial charge in [-0.2, -0.15) is 4.99 Å². The van der Waals surface area contributed by atoms with Crippen LogP contribution in [0.2, 0.25) is 0 Å². The highest BCUT2D eigenvalue weighted by molar-refractivity contribution is 7.94. The van der Waals surface area contributed by atoms with E-state index in [9.17, 15) is 21.6 Å². The first-order valence-electron chi connectivity index (χ1n) is 8.17. The van der Waals surface area contributed by atoms with Crippen LogP contribution < -0.4 is 11.5 Å². The average molecular weight is 402 g/mol. The molecule has 1 aliphatic rings. The van der Waals surface area contributed by atoms with E-state index in [4.69, 9.17) is 11.5 Å².